The lowest BCUT2D eigenvalue weighted by Gasteiger charge is -2.26. The molecule has 0 spiro atoms. The van der Waals surface area contributed by atoms with E-state index in [1.807, 2.05) is 0 Å². The van der Waals surface area contributed by atoms with E-state index < -0.39 is 0 Å². The van der Waals surface area contributed by atoms with E-state index in [0.717, 1.165) is 31.7 Å². The van der Waals surface area contributed by atoms with Crippen LogP contribution in [0.25, 0.3) is 0 Å². The van der Waals surface area contributed by atoms with Gasteiger partial charge in [0.1, 0.15) is 6.29 Å². The lowest BCUT2D eigenvalue weighted by atomic mass is 9.95. The van der Waals surface area contributed by atoms with E-state index in [-0.39, 0.29) is 5.92 Å². The van der Waals surface area contributed by atoms with Crippen molar-refractivity contribution in [1.29, 1.82) is 0 Å². The number of hydrogen-bond donors (Lipinski definition) is 0. The molecule has 62 valence electrons. The Labute approximate surface area is 66.9 Å². The van der Waals surface area contributed by atoms with Crippen molar-refractivity contribution in [2.24, 2.45) is 11.8 Å². The normalized spacial score (nSPS) is 38.5. The third kappa shape index (κ3) is 1.62. The van der Waals surface area contributed by atoms with E-state index in [1.165, 1.54) is 12.8 Å². The summed E-state index contributed by atoms with van der Waals surface area (Å²) in [5.74, 6) is 1.08. The zero-order chi connectivity index (χ0) is 7.68. The summed E-state index contributed by atoms with van der Waals surface area (Å²) in [6.45, 7) is 0.796. The van der Waals surface area contributed by atoms with Crippen LogP contribution in [0.5, 0.6) is 0 Å². The van der Waals surface area contributed by atoms with Gasteiger partial charge in [0.05, 0.1) is 6.10 Å². The Bertz CT molecular complexity index is 152. The van der Waals surface area contributed by atoms with E-state index in [2.05, 4.69) is 0 Å². The highest BCUT2D eigenvalue weighted by atomic mass is 16.5. The molecule has 2 atom stereocenters. The Morgan fingerprint density at radius 2 is 2.09 bits per heavy atom. The topological polar surface area (TPSA) is 26.3 Å². The number of hydrogen-bond acceptors (Lipinski definition) is 2. The first-order valence-electron chi connectivity index (χ1n) is 4.47. The number of carbonyl (C=O) groups excluding carboxylic acids is 1. The van der Waals surface area contributed by atoms with E-state index in [9.17, 15) is 4.79 Å². The second-order valence-corrected chi connectivity index (χ2v) is 3.67. The second-order valence-electron chi connectivity index (χ2n) is 3.67. The van der Waals surface area contributed by atoms with Crippen molar-refractivity contribution in [3.63, 3.8) is 0 Å². The minimum Gasteiger partial charge on any atom is -0.378 e. The SMILES string of the molecule is O=CC1CCOC(C2CC2)C1. The van der Waals surface area contributed by atoms with E-state index >= 15 is 0 Å². The molecule has 1 aliphatic carbocycles. The summed E-state index contributed by atoms with van der Waals surface area (Å²) in [4.78, 5) is 10.5. The van der Waals surface area contributed by atoms with Gasteiger partial charge in [-0.25, -0.2) is 0 Å². The van der Waals surface area contributed by atoms with Gasteiger partial charge < -0.3 is 9.53 Å². The molecule has 2 nitrogen and oxygen atoms in total. The van der Waals surface area contributed by atoms with Crippen LogP contribution in [0.1, 0.15) is 25.7 Å². The highest BCUT2D eigenvalue weighted by molar-refractivity contribution is 5.53. The van der Waals surface area contributed by atoms with Gasteiger partial charge >= 0.3 is 0 Å². The first-order chi connectivity index (χ1) is 5.40. The van der Waals surface area contributed by atoms with Crippen LogP contribution in [0, 0.1) is 11.8 Å². The molecule has 0 radical (unpaired) electrons. The van der Waals surface area contributed by atoms with Gasteiger partial charge in [0.25, 0.3) is 0 Å². The van der Waals surface area contributed by atoms with Crippen LogP contribution >= 0.6 is 0 Å². The predicted molar refractivity (Wildman–Crippen MR) is 41.3 cm³/mol. The molecule has 0 aromatic heterocycles. The smallest absolute Gasteiger partial charge is 0.123 e. The minimum absolute atomic E-state index is 0.286. The van der Waals surface area contributed by atoms with Crippen molar-refractivity contribution in [3.8, 4) is 0 Å². The molecule has 1 heterocycles. The average Bonchev–Trinajstić information content (AvgIpc) is 2.87. The molecular weight excluding hydrogens is 140 g/mol. The predicted octanol–water partition coefficient (Wildman–Crippen LogP) is 1.39. The maximum atomic E-state index is 10.5. The Balaban J connectivity index is 1.86. The third-order valence-corrected chi connectivity index (χ3v) is 2.70. The quantitative estimate of drug-likeness (QED) is 0.562. The van der Waals surface area contributed by atoms with E-state index in [1.54, 1.807) is 0 Å². The Morgan fingerprint density at radius 1 is 1.27 bits per heavy atom. The first-order valence-corrected chi connectivity index (χ1v) is 4.47. The number of aldehydes is 1. The lowest BCUT2D eigenvalue weighted by molar-refractivity contribution is -0.116. The van der Waals surface area contributed by atoms with Gasteiger partial charge in [0.2, 0.25) is 0 Å². The van der Waals surface area contributed by atoms with Crippen LogP contribution in [0.3, 0.4) is 0 Å². The summed E-state index contributed by atoms with van der Waals surface area (Å²) in [6, 6.07) is 0. The first kappa shape index (κ1) is 7.29. The minimum atomic E-state index is 0.286. The third-order valence-electron chi connectivity index (χ3n) is 2.70. The molecule has 2 unspecified atom stereocenters. The fourth-order valence-corrected chi connectivity index (χ4v) is 1.78. The summed E-state index contributed by atoms with van der Waals surface area (Å²) in [5.41, 5.74) is 0. The summed E-state index contributed by atoms with van der Waals surface area (Å²) in [5, 5.41) is 0. The molecule has 2 aliphatic rings. The largest absolute Gasteiger partial charge is 0.378 e. The zero-order valence-electron chi connectivity index (χ0n) is 6.66. The van der Waals surface area contributed by atoms with Crippen molar-refractivity contribution in [2.75, 3.05) is 6.61 Å². The second kappa shape index (κ2) is 2.94. The fraction of sp³-hybridized carbons (Fsp3) is 0.889. The Morgan fingerprint density at radius 3 is 2.73 bits per heavy atom. The number of ether oxygens (including phenoxy) is 1. The summed E-state index contributed by atoms with van der Waals surface area (Å²) in [6.07, 6.45) is 6.06. The number of rotatable bonds is 2. The molecule has 0 N–H and O–H groups in total. The zero-order valence-corrected chi connectivity index (χ0v) is 6.66. The summed E-state index contributed by atoms with van der Waals surface area (Å²) >= 11 is 0. The van der Waals surface area contributed by atoms with Crippen LogP contribution < -0.4 is 0 Å². The molecule has 2 heteroatoms. The van der Waals surface area contributed by atoms with Crippen LogP contribution in [0.2, 0.25) is 0 Å². The molecule has 1 saturated carbocycles. The van der Waals surface area contributed by atoms with Gasteiger partial charge in [-0.15, -0.1) is 0 Å². The monoisotopic (exact) mass is 154 g/mol. The van der Waals surface area contributed by atoms with E-state index in [4.69, 9.17) is 4.74 Å². The molecular formula is C9H14O2. The van der Waals surface area contributed by atoms with Gasteiger partial charge in [-0.2, -0.15) is 0 Å². The lowest BCUT2D eigenvalue weighted by Crippen LogP contribution is -2.27. The van der Waals surface area contributed by atoms with Crippen LogP contribution in [-0.2, 0) is 9.53 Å². The Kier molecular flexibility index (Phi) is 1.95. The van der Waals surface area contributed by atoms with Crippen LogP contribution in [0.4, 0.5) is 0 Å². The Hall–Kier alpha value is -0.370. The standard InChI is InChI=1S/C9H14O2/c10-6-7-3-4-11-9(5-7)8-1-2-8/h6-9H,1-5H2. The highest BCUT2D eigenvalue weighted by Crippen LogP contribution is 2.38. The molecule has 0 bridgehead atoms. The molecule has 0 amide bonds. The van der Waals surface area contributed by atoms with Gasteiger partial charge in [0.15, 0.2) is 0 Å². The highest BCUT2D eigenvalue weighted by Gasteiger charge is 2.35. The average molecular weight is 154 g/mol. The maximum absolute atomic E-state index is 10.5. The van der Waals surface area contributed by atoms with Gasteiger partial charge in [-0.1, -0.05) is 0 Å². The van der Waals surface area contributed by atoms with Gasteiger partial charge in [-0.05, 0) is 31.6 Å². The van der Waals surface area contributed by atoms with Crippen LogP contribution in [-0.4, -0.2) is 19.0 Å². The van der Waals surface area contributed by atoms with E-state index in [0.29, 0.717) is 6.10 Å². The maximum Gasteiger partial charge on any atom is 0.123 e. The molecule has 11 heavy (non-hydrogen) atoms. The molecule has 1 aliphatic heterocycles. The van der Waals surface area contributed by atoms with Crippen molar-refractivity contribution in [3.05, 3.63) is 0 Å². The van der Waals surface area contributed by atoms with Gasteiger partial charge in [0, 0.05) is 12.5 Å². The summed E-state index contributed by atoms with van der Waals surface area (Å²) < 4.78 is 5.58. The van der Waals surface area contributed by atoms with Crippen molar-refractivity contribution in [1.82, 2.24) is 0 Å². The molecule has 1 saturated heterocycles. The van der Waals surface area contributed by atoms with Crippen molar-refractivity contribution >= 4 is 6.29 Å². The molecule has 2 rings (SSSR count). The van der Waals surface area contributed by atoms with Crippen LogP contribution in [0.15, 0.2) is 0 Å². The molecule has 0 aromatic rings. The van der Waals surface area contributed by atoms with Crippen molar-refractivity contribution < 1.29 is 9.53 Å². The molecule has 2 fully saturated rings. The summed E-state index contributed by atoms with van der Waals surface area (Å²) in [7, 11) is 0. The fourth-order valence-electron chi connectivity index (χ4n) is 1.78. The number of carbonyl (C=O) groups is 1. The van der Waals surface area contributed by atoms with Crippen molar-refractivity contribution in [2.45, 2.75) is 31.8 Å². The van der Waals surface area contributed by atoms with Gasteiger partial charge in [-0.3, -0.25) is 0 Å². The molecule has 0 aromatic carbocycles.